The largest absolute Gasteiger partial charge is 0.484 e. The van der Waals surface area contributed by atoms with Crippen molar-refractivity contribution in [3.63, 3.8) is 0 Å². The number of nitrogens with zero attached hydrogens (tertiary/aromatic N) is 1. The van der Waals surface area contributed by atoms with Crippen LogP contribution in [0.4, 0.5) is 4.79 Å². The first kappa shape index (κ1) is 14.9. The summed E-state index contributed by atoms with van der Waals surface area (Å²) < 4.78 is 6.12. The van der Waals surface area contributed by atoms with Crippen molar-refractivity contribution < 1.29 is 14.3 Å². The van der Waals surface area contributed by atoms with E-state index in [1.165, 1.54) is 0 Å². The molecule has 2 amide bonds. The number of carbonyl (C=O) groups is 2. The first-order valence-electron chi connectivity index (χ1n) is 7.66. The van der Waals surface area contributed by atoms with Gasteiger partial charge in [-0.3, -0.25) is 4.79 Å². The average Bonchev–Trinajstić information content (AvgIpc) is 2.80. The lowest BCUT2D eigenvalue weighted by Gasteiger charge is -2.35. The summed E-state index contributed by atoms with van der Waals surface area (Å²) in [7, 11) is 0. The Kier molecular flexibility index (Phi) is 3.38. The number of urea groups is 1. The van der Waals surface area contributed by atoms with Crippen molar-refractivity contribution in [3.05, 3.63) is 29.8 Å². The molecule has 1 unspecified atom stereocenters. The van der Waals surface area contributed by atoms with Crippen molar-refractivity contribution in [1.82, 2.24) is 10.2 Å². The van der Waals surface area contributed by atoms with E-state index in [1.807, 2.05) is 39.0 Å². The highest BCUT2D eigenvalue weighted by Crippen LogP contribution is 2.38. The molecule has 1 aromatic carbocycles. The van der Waals surface area contributed by atoms with Gasteiger partial charge in [-0.2, -0.15) is 0 Å². The van der Waals surface area contributed by atoms with Gasteiger partial charge >= 0.3 is 6.03 Å². The van der Waals surface area contributed by atoms with Crippen LogP contribution in [0.2, 0.25) is 0 Å². The molecule has 0 saturated carbocycles. The van der Waals surface area contributed by atoms with Crippen molar-refractivity contribution in [3.8, 4) is 5.75 Å². The lowest BCUT2D eigenvalue weighted by molar-refractivity contribution is 0.0476. The number of carbonyl (C=O) groups excluding carboxylic acids is 2. The van der Waals surface area contributed by atoms with Crippen molar-refractivity contribution in [1.29, 1.82) is 0 Å². The monoisotopic (exact) mass is 302 g/mol. The van der Waals surface area contributed by atoms with Crippen LogP contribution in [0.3, 0.4) is 0 Å². The van der Waals surface area contributed by atoms with Gasteiger partial charge in [-0.05, 0) is 32.9 Å². The minimum Gasteiger partial charge on any atom is -0.484 e. The van der Waals surface area contributed by atoms with E-state index < -0.39 is 5.60 Å². The van der Waals surface area contributed by atoms with Crippen LogP contribution in [-0.2, 0) is 0 Å². The zero-order valence-corrected chi connectivity index (χ0v) is 13.3. The first-order chi connectivity index (χ1) is 10.3. The van der Waals surface area contributed by atoms with Crippen molar-refractivity contribution >= 4 is 11.8 Å². The fourth-order valence-corrected chi connectivity index (χ4v) is 3.09. The maximum atomic E-state index is 12.4. The number of ketones is 1. The van der Waals surface area contributed by atoms with Gasteiger partial charge in [0.2, 0.25) is 0 Å². The number of hydrogen-bond acceptors (Lipinski definition) is 3. The summed E-state index contributed by atoms with van der Waals surface area (Å²) in [6, 6.07) is 7.23. The summed E-state index contributed by atoms with van der Waals surface area (Å²) in [4.78, 5) is 26.4. The molecule has 2 heterocycles. The standard InChI is InChI=1S/C17H22N2O3/c1-16(2,3)18-15(21)19-9-8-17(11-19)10-13(20)12-6-4-5-7-14(12)22-17/h4-7H,8-11H2,1-3H3,(H,18,21). The minimum atomic E-state index is -0.569. The van der Waals surface area contributed by atoms with Crippen LogP contribution in [0.1, 0.15) is 44.0 Å². The van der Waals surface area contributed by atoms with Crippen LogP contribution in [0, 0.1) is 0 Å². The van der Waals surface area contributed by atoms with E-state index in [1.54, 1.807) is 11.0 Å². The predicted octanol–water partition coefficient (Wildman–Crippen LogP) is 2.60. The summed E-state index contributed by atoms with van der Waals surface area (Å²) in [6.07, 6.45) is 1.02. The topological polar surface area (TPSA) is 58.6 Å². The van der Waals surface area contributed by atoms with Crippen LogP contribution in [0.15, 0.2) is 24.3 Å². The van der Waals surface area contributed by atoms with Gasteiger partial charge in [-0.1, -0.05) is 12.1 Å². The lowest BCUT2D eigenvalue weighted by Crippen LogP contribution is -2.50. The zero-order valence-electron chi connectivity index (χ0n) is 13.3. The summed E-state index contributed by atoms with van der Waals surface area (Å²) in [5.41, 5.74) is -0.200. The molecule has 2 aliphatic rings. The Morgan fingerprint density at radius 2 is 2.05 bits per heavy atom. The third kappa shape index (κ3) is 2.80. The highest BCUT2D eigenvalue weighted by molar-refractivity contribution is 6.00. The van der Waals surface area contributed by atoms with Gasteiger partial charge in [0.25, 0.3) is 0 Å². The molecule has 5 heteroatoms. The van der Waals surface area contributed by atoms with Crippen LogP contribution in [-0.4, -0.2) is 40.9 Å². The Hall–Kier alpha value is -2.04. The van der Waals surface area contributed by atoms with Crippen molar-refractivity contribution in [2.75, 3.05) is 13.1 Å². The highest BCUT2D eigenvalue weighted by Gasteiger charge is 2.47. The van der Waals surface area contributed by atoms with E-state index >= 15 is 0 Å². The molecule has 3 rings (SSSR count). The van der Waals surface area contributed by atoms with Crippen molar-refractivity contribution in [2.45, 2.75) is 44.8 Å². The third-order valence-corrected chi connectivity index (χ3v) is 4.08. The number of hydrogen-bond donors (Lipinski definition) is 1. The van der Waals surface area contributed by atoms with Crippen LogP contribution >= 0.6 is 0 Å². The molecule has 5 nitrogen and oxygen atoms in total. The average molecular weight is 302 g/mol. The van der Waals surface area contributed by atoms with E-state index in [-0.39, 0.29) is 17.4 Å². The van der Waals surface area contributed by atoms with E-state index in [0.29, 0.717) is 37.2 Å². The van der Waals surface area contributed by atoms with Crippen LogP contribution in [0.25, 0.3) is 0 Å². The number of rotatable bonds is 0. The highest BCUT2D eigenvalue weighted by atomic mass is 16.5. The van der Waals surface area contributed by atoms with Gasteiger partial charge in [0.15, 0.2) is 5.78 Å². The van der Waals surface area contributed by atoms with E-state index in [2.05, 4.69) is 5.32 Å². The fourth-order valence-electron chi connectivity index (χ4n) is 3.09. The summed E-state index contributed by atoms with van der Waals surface area (Å²) in [6.45, 7) is 6.92. The number of para-hydroxylation sites is 1. The molecule has 0 bridgehead atoms. The van der Waals surface area contributed by atoms with Crippen LogP contribution in [0.5, 0.6) is 5.75 Å². The van der Waals surface area contributed by atoms with E-state index in [0.717, 1.165) is 0 Å². The maximum Gasteiger partial charge on any atom is 0.317 e. The van der Waals surface area contributed by atoms with E-state index in [9.17, 15) is 9.59 Å². The molecular weight excluding hydrogens is 280 g/mol. The Bertz CT molecular complexity index is 621. The molecule has 0 aliphatic carbocycles. The number of benzene rings is 1. The second-order valence-electron chi connectivity index (χ2n) is 7.23. The van der Waals surface area contributed by atoms with Gasteiger partial charge < -0.3 is 15.0 Å². The second-order valence-corrected chi connectivity index (χ2v) is 7.23. The maximum absolute atomic E-state index is 12.4. The first-order valence-corrected chi connectivity index (χ1v) is 7.66. The smallest absolute Gasteiger partial charge is 0.317 e. The number of likely N-dealkylation sites (tertiary alicyclic amines) is 1. The normalized spacial score (nSPS) is 24.1. The Morgan fingerprint density at radius 3 is 2.77 bits per heavy atom. The molecule has 2 aliphatic heterocycles. The number of amides is 2. The molecule has 0 radical (unpaired) electrons. The van der Waals surface area contributed by atoms with Gasteiger partial charge in [-0.15, -0.1) is 0 Å². The molecule has 1 fully saturated rings. The number of ether oxygens (including phenoxy) is 1. The summed E-state index contributed by atoms with van der Waals surface area (Å²) in [5, 5.41) is 2.96. The Labute approximate surface area is 130 Å². The predicted molar refractivity (Wildman–Crippen MR) is 83.2 cm³/mol. The zero-order chi connectivity index (χ0) is 16.0. The molecule has 1 aromatic rings. The molecule has 1 spiro atoms. The lowest BCUT2D eigenvalue weighted by atomic mass is 9.89. The van der Waals surface area contributed by atoms with Gasteiger partial charge in [0, 0.05) is 18.5 Å². The van der Waals surface area contributed by atoms with Crippen LogP contribution < -0.4 is 10.1 Å². The number of nitrogens with one attached hydrogen (secondary N) is 1. The second kappa shape index (κ2) is 5.00. The third-order valence-electron chi connectivity index (χ3n) is 4.08. The Morgan fingerprint density at radius 1 is 1.32 bits per heavy atom. The SMILES string of the molecule is CC(C)(C)NC(=O)N1CCC2(CC(=O)c3ccccc3O2)C1. The number of fused-ring (bicyclic) bond motifs is 1. The molecule has 1 atom stereocenters. The summed E-state index contributed by atoms with van der Waals surface area (Å²) in [5.74, 6) is 0.733. The van der Waals surface area contributed by atoms with Crippen molar-refractivity contribution in [2.24, 2.45) is 0 Å². The van der Waals surface area contributed by atoms with Gasteiger partial charge in [-0.25, -0.2) is 4.79 Å². The molecule has 22 heavy (non-hydrogen) atoms. The molecule has 1 saturated heterocycles. The van der Waals surface area contributed by atoms with E-state index in [4.69, 9.17) is 4.74 Å². The fraction of sp³-hybridized carbons (Fsp3) is 0.529. The Balaban J connectivity index is 1.75. The molecule has 1 N–H and O–H groups in total. The number of Topliss-reactive ketones (excluding diaryl/α,β-unsaturated/α-hetero) is 1. The molecule has 118 valence electrons. The van der Waals surface area contributed by atoms with Gasteiger partial charge in [0.1, 0.15) is 11.4 Å². The summed E-state index contributed by atoms with van der Waals surface area (Å²) >= 11 is 0. The quantitative estimate of drug-likeness (QED) is 0.801. The molecule has 0 aromatic heterocycles. The van der Waals surface area contributed by atoms with Gasteiger partial charge in [0.05, 0.1) is 18.5 Å². The minimum absolute atomic E-state index is 0.0972. The molecular formula is C17H22N2O3.